The van der Waals surface area contributed by atoms with E-state index >= 15 is 0 Å². The van der Waals surface area contributed by atoms with E-state index in [1.807, 2.05) is 18.2 Å². The number of aliphatic hydroxyl groups is 2. The van der Waals surface area contributed by atoms with Crippen molar-refractivity contribution in [3.8, 4) is 0 Å². The van der Waals surface area contributed by atoms with E-state index in [0.29, 0.717) is 16.7 Å². The average molecular weight is 511 g/mol. The highest BCUT2D eigenvalue weighted by molar-refractivity contribution is 5.82. The van der Waals surface area contributed by atoms with Crippen molar-refractivity contribution in [3.05, 3.63) is 144 Å². The zero-order valence-corrected chi connectivity index (χ0v) is 21.1. The van der Waals surface area contributed by atoms with Gasteiger partial charge < -0.3 is 19.7 Å². The smallest absolute Gasteiger partial charge is 0.343 e. The van der Waals surface area contributed by atoms with Crippen molar-refractivity contribution >= 4 is 11.9 Å². The maximum Gasteiger partial charge on any atom is 0.343 e. The quantitative estimate of drug-likeness (QED) is 0.290. The Balaban J connectivity index is 1.84. The van der Waals surface area contributed by atoms with Gasteiger partial charge in [0.2, 0.25) is 0 Å². The number of esters is 2. The van der Waals surface area contributed by atoms with Gasteiger partial charge in [0, 0.05) is 12.8 Å². The summed E-state index contributed by atoms with van der Waals surface area (Å²) in [5, 5.41) is 24.2. The standard InChI is InChI=1S/C32H30O6/c1-37-28(33)22-23-31(35,25-16-8-3-9-17-25)30(34)38-29(24-14-6-2-7-15-24)32(36,26-18-10-4-11-19-26)27-20-12-5-13-21-27/h2-21,29,35-36H,22-23H2,1H3/t29-,31?/m0/s1. The van der Waals surface area contributed by atoms with Crippen LogP contribution in [0.25, 0.3) is 0 Å². The molecule has 4 aromatic carbocycles. The Labute approximate surface area is 222 Å². The van der Waals surface area contributed by atoms with Crippen LogP contribution in [0, 0.1) is 0 Å². The summed E-state index contributed by atoms with van der Waals surface area (Å²) >= 11 is 0. The second-order valence-electron chi connectivity index (χ2n) is 9.00. The summed E-state index contributed by atoms with van der Waals surface area (Å²) in [5.74, 6) is -1.57. The topological polar surface area (TPSA) is 93.1 Å². The van der Waals surface area contributed by atoms with Crippen LogP contribution in [0.3, 0.4) is 0 Å². The Hall–Kier alpha value is -4.26. The number of rotatable bonds is 10. The summed E-state index contributed by atoms with van der Waals surface area (Å²) in [7, 11) is 1.24. The maximum absolute atomic E-state index is 13.9. The predicted molar refractivity (Wildman–Crippen MR) is 143 cm³/mol. The molecule has 0 aliphatic heterocycles. The SMILES string of the molecule is COC(=O)CCC(O)(C(=O)O[C@@H](c1ccccc1)C(O)(c1ccccc1)c1ccccc1)c1ccccc1. The van der Waals surface area contributed by atoms with Crippen molar-refractivity contribution in [3.63, 3.8) is 0 Å². The number of ether oxygens (including phenoxy) is 2. The molecular formula is C32H30O6. The number of carbonyl (C=O) groups excluding carboxylic acids is 2. The van der Waals surface area contributed by atoms with Crippen molar-refractivity contribution in [2.75, 3.05) is 7.11 Å². The van der Waals surface area contributed by atoms with Gasteiger partial charge in [-0.2, -0.15) is 0 Å². The first-order valence-electron chi connectivity index (χ1n) is 12.3. The third-order valence-electron chi connectivity index (χ3n) is 6.64. The van der Waals surface area contributed by atoms with Crippen molar-refractivity contribution in [2.45, 2.75) is 30.1 Å². The molecule has 1 unspecified atom stereocenters. The van der Waals surface area contributed by atoms with E-state index in [1.165, 1.54) is 7.11 Å². The third-order valence-corrected chi connectivity index (χ3v) is 6.64. The largest absolute Gasteiger partial charge is 0.469 e. The lowest BCUT2D eigenvalue weighted by atomic mass is 9.78. The molecule has 0 bridgehead atoms. The van der Waals surface area contributed by atoms with E-state index in [-0.39, 0.29) is 18.4 Å². The van der Waals surface area contributed by atoms with Gasteiger partial charge >= 0.3 is 11.9 Å². The molecule has 0 aliphatic carbocycles. The van der Waals surface area contributed by atoms with Crippen LogP contribution in [0.5, 0.6) is 0 Å². The molecule has 0 aromatic heterocycles. The first-order chi connectivity index (χ1) is 18.4. The third kappa shape index (κ3) is 5.52. The molecule has 0 radical (unpaired) electrons. The summed E-state index contributed by atoms with van der Waals surface area (Å²) in [5.41, 5.74) is -2.17. The summed E-state index contributed by atoms with van der Waals surface area (Å²) in [6.07, 6.45) is -1.72. The van der Waals surface area contributed by atoms with Crippen LogP contribution in [-0.2, 0) is 30.3 Å². The Kier molecular flexibility index (Phi) is 8.36. The zero-order chi connectivity index (χ0) is 27.0. The number of hydrogen-bond donors (Lipinski definition) is 2. The molecule has 38 heavy (non-hydrogen) atoms. The van der Waals surface area contributed by atoms with E-state index in [4.69, 9.17) is 9.47 Å². The molecule has 0 saturated carbocycles. The Bertz CT molecular complexity index is 1290. The van der Waals surface area contributed by atoms with Crippen LogP contribution in [0.1, 0.15) is 41.2 Å². The molecule has 0 amide bonds. The number of carbonyl (C=O) groups is 2. The van der Waals surface area contributed by atoms with Gasteiger partial charge in [0.25, 0.3) is 0 Å². The first-order valence-corrected chi connectivity index (χ1v) is 12.3. The molecule has 6 nitrogen and oxygen atoms in total. The van der Waals surface area contributed by atoms with Gasteiger partial charge in [-0.05, 0) is 22.3 Å². The fourth-order valence-electron chi connectivity index (χ4n) is 4.54. The molecular weight excluding hydrogens is 480 g/mol. The fourth-order valence-corrected chi connectivity index (χ4v) is 4.54. The van der Waals surface area contributed by atoms with Crippen LogP contribution < -0.4 is 0 Å². The highest BCUT2D eigenvalue weighted by Gasteiger charge is 2.48. The lowest BCUT2D eigenvalue weighted by molar-refractivity contribution is -0.187. The van der Waals surface area contributed by atoms with E-state index in [1.54, 1.807) is 103 Å². The lowest BCUT2D eigenvalue weighted by Gasteiger charge is -2.38. The molecule has 0 fully saturated rings. The summed E-state index contributed by atoms with van der Waals surface area (Å²) in [4.78, 5) is 25.9. The summed E-state index contributed by atoms with van der Waals surface area (Å²) in [6, 6.07) is 35.1. The number of hydrogen-bond acceptors (Lipinski definition) is 6. The number of methoxy groups -OCH3 is 1. The second-order valence-corrected chi connectivity index (χ2v) is 9.00. The van der Waals surface area contributed by atoms with Gasteiger partial charge in [-0.25, -0.2) is 4.79 Å². The Morgan fingerprint density at radius 3 is 1.55 bits per heavy atom. The normalized spacial score (nSPS) is 13.7. The Morgan fingerprint density at radius 2 is 1.11 bits per heavy atom. The molecule has 0 heterocycles. The van der Waals surface area contributed by atoms with E-state index in [0.717, 1.165) is 0 Å². The van der Waals surface area contributed by atoms with Crippen molar-refractivity contribution < 1.29 is 29.3 Å². The highest BCUT2D eigenvalue weighted by atomic mass is 16.6. The van der Waals surface area contributed by atoms with Gasteiger partial charge in [-0.1, -0.05) is 121 Å². The summed E-state index contributed by atoms with van der Waals surface area (Å²) < 4.78 is 10.8. The maximum atomic E-state index is 13.9. The van der Waals surface area contributed by atoms with Crippen molar-refractivity contribution in [1.29, 1.82) is 0 Å². The van der Waals surface area contributed by atoms with Crippen LogP contribution in [0.2, 0.25) is 0 Å². The van der Waals surface area contributed by atoms with Gasteiger partial charge in [0.15, 0.2) is 17.3 Å². The zero-order valence-electron chi connectivity index (χ0n) is 21.1. The minimum absolute atomic E-state index is 0.214. The minimum atomic E-state index is -2.17. The Morgan fingerprint density at radius 1 is 0.684 bits per heavy atom. The van der Waals surface area contributed by atoms with Gasteiger partial charge in [0.1, 0.15) is 0 Å². The van der Waals surface area contributed by atoms with E-state index < -0.39 is 29.2 Å². The molecule has 2 N–H and O–H groups in total. The van der Waals surface area contributed by atoms with Crippen LogP contribution in [-0.4, -0.2) is 29.3 Å². The molecule has 6 heteroatoms. The van der Waals surface area contributed by atoms with Gasteiger partial charge in [0.05, 0.1) is 7.11 Å². The van der Waals surface area contributed by atoms with Crippen LogP contribution >= 0.6 is 0 Å². The predicted octanol–water partition coefficient (Wildman–Crippen LogP) is 5.05. The molecule has 4 rings (SSSR count). The molecule has 0 saturated heterocycles. The number of benzene rings is 4. The monoisotopic (exact) mass is 510 g/mol. The fraction of sp³-hybridized carbons (Fsp3) is 0.188. The molecule has 0 spiro atoms. The average Bonchev–Trinajstić information content (AvgIpc) is 2.99. The van der Waals surface area contributed by atoms with Crippen molar-refractivity contribution in [1.82, 2.24) is 0 Å². The molecule has 194 valence electrons. The van der Waals surface area contributed by atoms with Gasteiger partial charge in [-0.15, -0.1) is 0 Å². The van der Waals surface area contributed by atoms with Crippen LogP contribution in [0.15, 0.2) is 121 Å². The van der Waals surface area contributed by atoms with E-state index in [2.05, 4.69) is 0 Å². The lowest BCUT2D eigenvalue weighted by Crippen LogP contribution is -2.43. The van der Waals surface area contributed by atoms with Crippen LogP contribution in [0.4, 0.5) is 0 Å². The second kappa shape index (κ2) is 11.9. The highest BCUT2D eigenvalue weighted by Crippen LogP contribution is 2.44. The molecule has 2 atom stereocenters. The minimum Gasteiger partial charge on any atom is -0.469 e. The van der Waals surface area contributed by atoms with E-state index in [9.17, 15) is 19.8 Å². The van der Waals surface area contributed by atoms with Crippen molar-refractivity contribution in [2.24, 2.45) is 0 Å². The first kappa shape index (κ1) is 26.8. The molecule has 0 aliphatic rings. The summed E-state index contributed by atoms with van der Waals surface area (Å²) in [6.45, 7) is 0. The molecule has 4 aromatic rings. The van der Waals surface area contributed by atoms with Gasteiger partial charge in [-0.3, -0.25) is 4.79 Å².